The van der Waals surface area contributed by atoms with Gasteiger partial charge >= 0.3 is 0 Å². The Balaban J connectivity index is 1.75. The first-order chi connectivity index (χ1) is 14.8. The Morgan fingerprint density at radius 3 is 2.26 bits per heavy atom. The van der Waals surface area contributed by atoms with Crippen LogP contribution in [-0.2, 0) is 11.3 Å². The van der Waals surface area contributed by atoms with Crippen LogP contribution >= 0.6 is 0 Å². The Bertz CT molecular complexity index is 1060. The van der Waals surface area contributed by atoms with Crippen molar-refractivity contribution in [3.8, 4) is 11.1 Å². The summed E-state index contributed by atoms with van der Waals surface area (Å²) >= 11 is 0. The molecule has 0 bridgehead atoms. The second kappa shape index (κ2) is 10.1. The van der Waals surface area contributed by atoms with Crippen molar-refractivity contribution < 1.29 is 4.79 Å². The van der Waals surface area contributed by atoms with Crippen molar-refractivity contribution in [3.05, 3.63) is 94.6 Å². The maximum atomic E-state index is 12.5. The molecular weight excluding hydrogens is 380 g/mol. The lowest BCUT2D eigenvalue weighted by Crippen LogP contribution is -2.23. The molecule has 0 saturated carbocycles. The normalized spacial score (nSPS) is 11.5. The monoisotopic (exact) mass is 412 g/mol. The summed E-state index contributed by atoms with van der Waals surface area (Å²) in [6.07, 6.45) is 1.97. The van der Waals surface area contributed by atoms with E-state index in [2.05, 4.69) is 74.7 Å². The fourth-order valence-corrected chi connectivity index (χ4v) is 3.60. The molecule has 0 spiro atoms. The van der Waals surface area contributed by atoms with E-state index in [0.717, 1.165) is 22.4 Å². The van der Waals surface area contributed by atoms with Crippen LogP contribution in [0.3, 0.4) is 0 Å². The van der Waals surface area contributed by atoms with Crippen LogP contribution in [0.4, 0.5) is 5.69 Å². The number of hydrogen-bond donors (Lipinski definition) is 2. The molecule has 3 aromatic rings. The molecule has 0 aliphatic heterocycles. The summed E-state index contributed by atoms with van der Waals surface area (Å²) in [5.41, 5.74) is 8.76. The molecule has 31 heavy (non-hydrogen) atoms. The number of nitrogens with one attached hydrogen (secondary N) is 2. The molecule has 0 unspecified atom stereocenters. The van der Waals surface area contributed by atoms with E-state index < -0.39 is 0 Å². The molecule has 2 N–H and O–H groups in total. The maximum absolute atomic E-state index is 12.5. The van der Waals surface area contributed by atoms with Gasteiger partial charge in [0.05, 0.1) is 0 Å². The first-order valence-electron chi connectivity index (χ1n) is 10.8. The first-order valence-corrected chi connectivity index (χ1v) is 10.8. The number of anilines is 1. The van der Waals surface area contributed by atoms with E-state index in [1.165, 1.54) is 16.7 Å². The van der Waals surface area contributed by atoms with E-state index in [4.69, 9.17) is 0 Å². The third-order valence-electron chi connectivity index (χ3n) is 5.29. The number of hydrogen-bond acceptors (Lipinski definition) is 2. The Morgan fingerprint density at radius 2 is 1.61 bits per heavy atom. The zero-order valence-corrected chi connectivity index (χ0v) is 19.1. The number of amides is 1. The van der Waals surface area contributed by atoms with Gasteiger partial charge in [0.1, 0.15) is 0 Å². The molecule has 3 heteroatoms. The van der Waals surface area contributed by atoms with Gasteiger partial charge in [0, 0.05) is 23.8 Å². The molecule has 160 valence electrons. The number of carbonyl (C=O) groups excluding carboxylic acids is 1. The number of carbonyl (C=O) groups is 1. The standard InChI is InChI=1S/C28H32N2O/c1-19(2)30-26-13-11-24(12-14-26)27-17-20(3)25(15-21(27)4)16-22(5)28(31)29-18-23-9-7-6-8-10-23/h6-17,19,30H,18H2,1-5H3,(H,29,31)/b22-16+. The van der Waals surface area contributed by atoms with Gasteiger partial charge in [0.2, 0.25) is 5.91 Å². The average molecular weight is 413 g/mol. The summed E-state index contributed by atoms with van der Waals surface area (Å²) in [6, 6.07) is 23.3. The van der Waals surface area contributed by atoms with Crippen LogP contribution in [0.15, 0.2) is 72.3 Å². The molecule has 3 nitrogen and oxygen atoms in total. The molecule has 0 aliphatic rings. The number of rotatable bonds is 7. The van der Waals surface area contributed by atoms with Crippen LogP contribution in [0.5, 0.6) is 0 Å². The zero-order chi connectivity index (χ0) is 22.4. The van der Waals surface area contributed by atoms with Gasteiger partial charge in [-0.25, -0.2) is 0 Å². The molecule has 0 fully saturated rings. The Kier molecular flexibility index (Phi) is 7.30. The van der Waals surface area contributed by atoms with Crippen LogP contribution in [0.2, 0.25) is 0 Å². The minimum Gasteiger partial charge on any atom is -0.383 e. The Morgan fingerprint density at radius 1 is 0.935 bits per heavy atom. The van der Waals surface area contributed by atoms with Crippen LogP contribution in [-0.4, -0.2) is 11.9 Å². The van der Waals surface area contributed by atoms with Crippen LogP contribution in [0.25, 0.3) is 17.2 Å². The largest absolute Gasteiger partial charge is 0.383 e. The van der Waals surface area contributed by atoms with E-state index in [-0.39, 0.29) is 5.91 Å². The highest BCUT2D eigenvalue weighted by molar-refractivity contribution is 5.97. The SMILES string of the molecule is C/C(=C\c1cc(C)c(-c2ccc(NC(C)C)cc2)cc1C)C(=O)NCc1ccccc1. The van der Waals surface area contributed by atoms with Gasteiger partial charge < -0.3 is 10.6 Å². The predicted octanol–water partition coefficient (Wildman–Crippen LogP) is 6.51. The first kappa shape index (κ1) is 22.4. The van der Waals surface area contributed by atoms with Crippen molar-refractivity contribution >= 4 is 17.7 Å². The topological polar surface area (TPSA) is 41.1 Å². The summed E-state index contributed by atoms with van der Waals surface area (Å²) in [6.45, 7) is 10.9. The lowest BCUT2D eigenvalue weighted by Gasteiger charge is -2.14. The summed E-state index contributed by atoms with van der Waals surface area (Å²) in [4.78, 5) is 12.5. The van der Waals surface area contributed by atoms with Crippen molar-refractivity contribution in [2.24, 2.45) is 0 Å². The smallest absolute Gasteiger partial charge is 0.247 e. The fourth-order valence-electron chi connectivity index (χ4n) is 3.60. The summed E-state index contributed by atoms with van der Waals surface area (Å²) in [5, 5.41) is 6.42. The molecular formula is C28H32N2O. The summed E-state index contributed by atoms with van der Waals surface area (Å²) in [5.74, 6) is -0.0433. The lowest BCUT2D eigenvalue weighted by molar-refractivity contribution is -0.117. The molecule has 0 aliphatic carbocycles. The number of benzene rings is 3. The van der Waals surface area contributed by atoms with Gasteiger partial charge in [-0.15, -0.1) is 0 Å². The number of aryl methyl sites for hydroxylation is 2. The highest BCUT2D eigenvalue weighted by Crippen LogP contribution is 2.29. The Labute approximate surface area is 186 Å². The van der Waals surface area contributed by atoms with Crippen molar-refractivity contribution in [1.82, 2.24) is 5.32 Å². The summed E-state index contributed by atoms with van der Waals surface area (Å²) < 4.78 is 0. The highest BCUT2D eigenvalue weighted by Gasteiger charge is 2.09. The highest BCUT2D eigenvalue weighted by atomic mass is 16.1. The van der Waals surface area contributed by atoms with Gasteiger partial charge in [-0.1, -0.05) is 54.6 Å². The average Bonchev–Trinajstić information content (AvgIpc) is 2.75. The van der Waals surface area contributed by atoms with Crippen molar-refractivity contribution in [1.29, 1.82) is 0 Å². The van der Waals surface area contributed by atoms with Crippen molar-refractivity contribution in [2.75, 3.05) is 5.32 Å². The van der Waals surface area contributed by atoms with Gasteiger partial charge in [0.15, 0.2) is 0 Å². The van der Waals surface area contributed by atoms with Crippen LogP contribution in [0, 0.1) is 13.8 Å². The van der Waals surface area contributed by atoms with Crippen molar-refractivity contribution in [2.45, 2.75) is 47.2 Å². The molecule has 0 aromatic heterocycles. The summed E-state index contributed by atoms with van der Waals surface area (Å²) in [7, 11) is 0. The quantitative estimate of drug-likeness (QED) is 0.434. The zero-order valence-electron chi connectivity index (χ0n) is 19.1. The lowest BCUT2D eigenvalue weighted by atomic mass is 9.94. The third-order valence-corrected chi connectivity index (χ3v) is 5.29. The Hall–Kier alpha value is -3.33. The fraction of sp³-hybridized carbons (Fsp3) is 0.250. The van der Waals surface area contributed by atoms with Gasteiger partial charge in [-0.05, 0) is 86.2 Å². The van der Waals surface area contributed by atoms with E-state index in [1.807, 2.05) is 43.3 Å². The van der Waals surface area contributed by atoms with E-state index in [0.29, 0.717) is 18.2 Å². The molecule has 0 radical (unpaired) electrons. The van der Waals surface area contributed by atoms with E-state index in [9.17, 15) is 4.79 Å². The third kappa shape index (κ3) is 6.08. The van der Waals surface area contributed by atoms with Crippen LogP contribution < -0.4 is 10.6 Å². The second-order valence-electron chi connectivity index (χ2n) is 8.40. The van der Waals surface area contributed by atoms with Crippen molar-refractivity contribution in [3.63, 3.8) is 0 Å². The molecule has 0 saturated heterocycles. The van der Waals surface area contributed by atoms with E-state index in [1.54, 1.807) is 0 Å². The van der Waals surface area contributed by atoms with Gasteiger partial charge in [-0.2, -0.15) is 0 Å². The maximum Gasteiger partial charge on any atom is 0.247 e. The molecule has 1 amide bonds. The van der Waals surface area contributed by atoms with Gasteiger partial charge in [0.25, 0.3) is 0 Å². The second-order valence-corrected chi connectivity index (χ2v) is 8.40. The molecule has 0 atom stereocenters. The molecule has 3 rings (SSSR count). The van der Waals surface area contributed by atoms with Gasteiger partial charge in [-0.3, -0.25) is 4.79 Å². The molecule has 3 aromatic carbocycles. The minimum absolute atomic E-state index is 0.0433. The van der Waals surface area contributed by atoms with E-state index >= 15 is 0 Å². The molecule has 0 heterocycles. The minimum atomic E-state index is -0.0433. The predicted molar refractivity (Wildman–Crippen MR) is 132 cm³/mol. The van der Waals surface area contributed by atoms with Crippen LogP contribution in [0.1, 0.15) is 43.0 Å².